The molecule has 0 aliphatic heterocycles. The Labute approximate surface area is 132 Å². The molecule has 3 nitrogen and oxygen atoms in total. The predicted octanol–water partition coefficient (Wildman–Crippen LogP) is 3.79. The first-order chi connectivity index (χ1) is 9.99. The van der Waals surface area contributed by atoms with Crippen molar-refractivity contribution < 1.29 is 5.11 Å². The standard InChI is InChI=1S/C17H17BrN2O/c1-17(21,13-8-4-5-9-14(13)18)11-15-12-7-3-6-10-16(12)20(2)19-15/h3-10,21H,11H2,1-2H3. The van der Waals surface area contributed by atoms with Crippen LogP contribution in [0, 0.1) is 0 Å². The number of para-hydroxylation sites is 1. The van der Waals surface area contributed by atoms with Crippen LogP contribution in [0.5, 0.6) is 0 Å². The molecule has 108 valence electrons. The molecule has 0 fully saturated rings. The van der Waals surface area contributed by atoms with Crippen molar-refractivity contribution in [1.29, 1.82) is 0 Å². The zero-order valence-electron chi connectivity index (χ0n) is 12.0. The molecule has 3 aromatic rings. The number of aromatic nitrogens is 2. The Morgan fingerprint density at radius 1 is 1.14 bits per heavy atom. The Balaban J connectivity index is 2.04. The van der Waals surface area contributed by atoms with Crippen LogP contribution >= 0.6 is 15.9 Å². The maximum Gasteiger partial charge on any atom is 0.0935 e. The van der Waals surface area contributed by atoms with Crippen LogP contribution in [0.4, 0.5) is 0 Å². The number of fused-ring (bicyclic) bond motifs is 1. The number of aryl methyl sites for hydroxylation is 1. The Kier molecular flexibility index (Phi) is 3.59. The lowest BCUT2D eigenvalue weighted by atomic mass is 9.90. The monoisotopic (exact) mass is 344 g/mol. The molecule has 1 unspecified atom stereocenters. The summed E-state index contributed by atoms with van der Waals surface area (Å²) in [5, 5.41) is 16.6. The van der Waals surface area contributed by atoms with Gasteiger partial charge in [0.1, 0.15) is 0 Å². The van der Waals surface area contributed by atoms with Gasteiger partial charge in [-0.1, -0.05) is 52.3 Å². The molecule has 3 rings (SSSR count). The highest BCUT2D eigenvalue weighted by atomic mass is 79.9. The first kappa shape index (κ1) is 14.3. The van der Waals surface area contributed by atoms with Crippen LogP contribution in [0.2, 0.25) is 0 Å². The van der Waals surface area contributed by atoms with Gasteiger partial charge in [-0.2, -0.15) is 5.10 Å². The van der Waals surface area contributed by atoms with Crippen LogP contribution in [0.3, 0.4) is 0 Å². The summed E-state index contributed by atoms with van der Waals surface area (Å²) in [6, 6.07) is 15.9. The molecule has 1 heterocycles. The van der Waals surface area contributed by atoms with E-state index in [2.05, 4.69) is 21.0 Å². The molecule has 0 aliphatic rings. The van der Waals surface area contributed by atoms with E-state index in [1.807, 2.05) is 67.2 Å². The smallest absolute Gasteiger partial charge is 0.0935 e. The third-order valence-electron chi connectivity index (χ3n) is 3.80. The van der Waals surface area contributed by atoms with Gasteiger partial charge in [-0.3, -0.25) is 4.68 Å². The van der Waals surface area contributed by atoms with Gasteiger partial charge in [-0.05, 0) is 24.6 Å². The van der Waals surface area contributed by atoms with Crippen LogP contribution in [0.15, 0.2) is 53.0 Å². The minimum absolute atomic E-state index is 0.469. The number of benzene rings is 2. The summed E-state index contributed by atoms with van der Waals surface area (Å²) in [6.45, 7) is 1.83. The first-order valence-corrected chi connectivity index (χ1v) is 7.66. The Morgan fingerprint density at radius 2 is 1.81 bits per heavy atom. The lowest BCUT2D eigenvalue weighted by Crippen LogP contribution is -2.25. The van der Waals surface area contributed by atoms with Crippen LogP contribution in [-0.2, 0) is 19.1 Å². The van der Waals surface area contributed by atoms with Crippen LogP contribution in [0.25, 0.3) is 10.9 Å². The van der Waals surface area contributed by atoms with Gasteiger partial charge in [0.05, 0.1) is 16.8 Å². The molecule has 0 radical (unpaired) electrons. The normalized spacial score (nSPS) is 14.3. The van der Waals surface area contributed by atoms with Crippen LogP contribution < -0.4 is 0 Å². The van der Waals surface area contributed by atoms with Gasteiger partial charge in [-0.15, -0.1) is 0 Å². The van der Waals surface area contributed by atoms with E-state index in [1.165, 1.54) is 0 Å². The van der Waals surface area contributed by atoms with Crippen molar-refractivity contribution in [2.45, 2.75) is 18.9 Å². The lowest BCUT2D eigenvalue weighted by molar-refractivity contribution is 0.0560. The average molecular weight is 345 g/mol. The fraction of sp³-hybridized carbons (Fsp3) is 0.235. The summed E-state index contributed by atoms with van der Waals surface area (Å²) < 4.78 is 2.77. The summed E-state index contributed by atoms with van der Waals surface area (Å²) in [6.07, 6.45) is 0.469. The van der Waals surface area contributed by atoms with Gasteiger partial charge < -0.3 is 5.11 Å². The molecular formula is C17H17BrN2O. The number of nitrogens with zero attached hydrogens (tertiary/aromatic N) is 2. The maximum absolute atomic E-state index is 10.9. The molecule has 0 spiro atoms. The Bertz CT molecular complexity index is 792. The largest absolute Gasteiger partial charge is 0.385 e. The second kappa shape index (κ2) is 5.28. The summed E-state index contributed by atoms with van der Waals surface area (Å²) in [4.78, 5) is 0. The summed E-state index contributed by atoms with van der Waals surface area (Å²) in [7, 11) is 1.93. The van der Waals surface area contributed by atoms with Gasteiger partial charge in [0.25, 0.3) is 0 Å². The van der Waals surface area contributed by atoms with Crippen molar-refractivity contribution in [2.24, 2.45) is 7.05 Å². The molecule has 2 aromatic carbocycles. The van der Waals surface area contributed by atoms with Crippen molar-refractivity contribution in [1.82, 2.24) is 9.78 Å². The van der Waals surface area contributed by atoms with Gasteiger partial charge in [0.2, 0.25) is 0 Å². The van der Waals surface area contributed by atoms with Crippen molar-refractivity contribution in [3.63, 3.8) is 0 Å². The fourth-order valence-electron chi connectivity index (χ4n) is 2.74. The fourth-order valence-corrected chi connectivity index (χ4v) is 3.45. The van der Waals surface area contributed by atoms with Gasteiger partial charge in [0, 0.05) is 23.3 Å². The van der Waals surface area contributed by atoms with E-state index in [9.17, 15) is 5.11 Å². The van der Waals surface area contributed by atoms with E-state index in [-0.39, 0.29) is 0 Å². The molecule has 1 N–H and O–H groups in total. The van der Waals surface area contributed by atoms with Crippen molar-refractivity contribution >= 4 is 26.8 Å². The predicted molar refractivity (Wildman–Crippen MR) is 88.1 cm³/mol. The molecule has 0 saturated heterocycles. The van der Waals surface area contributed by atoms with Gasteiger partial charge in [-0.25, -0.2) is 0 Å². The third-order valence-corrected chi connectivity index (χ3v) is 4.49. The Hall–Kier alpha value is -1.65. The lowest BCUT2D eigenvalue weighted by Gasteiger charge is -2.24. The summed E-state index contributed by atoms with van der Waals surface area (Å²) >= 11 is 3.51. The molecule has 21 heavy (non-hydrogen) atoms. The van der Waals surface area contributed by atoms with Crippen molar-refractivity contribution in [3.05, 3.63) is 64.3 Å². The topological polar surface area (TPSA) is 38.0 Å². The zero-order valence-corrected chi connectivity index (χ0v) is 13.6. The van der Waals surface area contributed by atoms with E-state index >= 15 is 0 Å². The molecule has 0 aliphatic carbocycles. The number of rotatable bonds is 3. The highest BCUT2D eigenvalue weighted by molar-refractivity contribution is 9.10. The molecular weight excluding hydrogens is 328 g/mol. The van der Waals surface area contributed by atoms with Crippen LogP contribution in [0.1, 0.15) is 18.2 Å². The SMILES string of the molecule is Cn1nc(CC(C)(O)c2ccccc2Br)c2ccccc21. The average Bonchev–Trinajstić information content (AvgIpc) is 2.76. The molecule has 4 heteroatoms. The van der Waals surface area contributed by atoms with Gasteiger partial charge in [0.15, 0.2) is 0 Å². The second-order valence-corrected chi connectivity index (χ2v) is 6.37. The molecule has 0 amide bonds. The second-order valence-electron chi connectivity index (χ2n) is 5.52. The first-order valence-electron chi connectivity index (χ1n) is 6.87. The van der Waals surface area contributed by atoms with Gasteiger partial charge >= 0.3 is 0 Å². The highest BCUT2D eigenvalue weighted by Gasteiger charge is 2.28. The van der Waals surface area contributed by atoms with Crippen molar-refractivity contribution in [3.8, 4) is 0 Å². The summed E-state index contributed by atoms with van der Waals surface area (Å²) in [5.74, 6) is 0. The maximum atomic E-state index is 10.9. The quantitative estimate of drug-likeness (QED) is 0.784. The van der Waals surface area contributed by atoms with E-state index < -0.39 is 5.60 Å². The number of hydrogen-bond acceptors (Lipinski definition) is 2. The van der Waals surface area contributed by atoms with E-state index in [4.69, 9.17) is 0 Å². The molecule has 1 atom stereocenters. The number of aliphatic hydroxyl groups is 1. The number of hydrogen-bond donors (Lipinski definition) is 1. The molecule has 0 bridgehead atoms. The minimum atomic E-state index is -0.975. The Morgan fingerprint density at radius 3 is 2.57 bits per heavy atom. The van der Waals surface area contributed by atoms with E-state index in [0.717, 1.165) is 26.6 Å². The van der Waals surface area contributed by atoms with Crippen LogP contribution in [-0.4, -0.2) is 14.9 Å². The molecule has 0 saturated carbocycles. The van der Waals surface area contributed by atoms with E-state index in [1.54, 1.807) is 0 Å². The summed E-state index contributed by atoms with van der Waals surface area (Å²) in [5.41, 5.74) is 1.89. The third kappa shape index (κ3) is 2.61. The van der Waals surface area contributed by atoms with Crippen molar-refractivity contribution in [2.75, 3.05) is 0 Å². The minimum Gasteiger partial charge on any atom is -0.385 e. The van der Waals surface area contributed by atoms with E-state index in [0.29, 0.717) is 6.42 Å². The highest BCUT2D eigenvalue weighted by Crippen LogP contribution is 2.32. The zero-order chi connectivity index (χ0) is 15.0. The molecule has 1 aromatic heterocycles. The number of halogens is 1.